The van der Waals surface area contributed by atoms with Gasteiger partial charge in [-0.05, 0) is 12.7 Å². The predicted octanol–water partition coefficient (Wildman–Crippen LogP) is 1.66. The van der Waals surface area contributed by atoms with Crippen molar-refractivity contribution in [1.82, 2.24) is 10.2 Å². The minimum Gasteiger partial charge on any atom is -0.311 e. The molecule has 78 valence electrons. The zero-order valence-corrected chi connectivity index (χ0v) is 9.28. The van der Waals surface area contributed by atoms with Crippen LogP contribution >= 0.6 is 11.8 Å². The average Bonchev–Trinajstić information content (AvgIpc) is 2.62. The third-order valence-electron chi connectivity index (χ3n) is 1.90. The fraction of sp³-hybridized carbons (Fsp3) is 0.556. The predicted molar refractivity (Wildman–Crippen MR) is 59.6 cm³/mol. The zero-order chi connectivity index (χ0) is 10.4. The van der Waals surface area contributed by atoms with E-state index in [0.29, 0.717) is 6.42 Å². The van der Waals surface area contributed by atoms with E-state index in [1.165, 1.54) is 0 Å². The van der Waals surface area contributed by atoms with Gasteiger partial charge in [-0.2, -0.15) is 16.9 Å². The normalized spacial score (nSPS) is 10.1. The first-order valence-electron chi connectivity index (χ1n) is 4.59. The maximum absolute atomic E-state index is 11.4. The lowest BCUT2D eigenvalue weighted by molar-refractivity contribution is -0.115. The Morgan fingerprint density at radius 1 is 1.71 bits per heavy atom. The van der Waals surface area contributed by atoms with Gasteiger partial charge in [0.2, 0.25) is 5.91 Å². The molecule has 0 spiro atoms. The van der Waals surface area contributed by atoms with Gasteiger partial charge in [-0.25, -0.2) is 0 Å². The van der Waals surface area contributed by atoms with Crippen molar-refractivity contribution in [3.05, 3.63) is 11.8 Å². The molecule has 1 aromatic heterocycles. The van der Waals surface area contributed by atoms with E-state index in [1.54, 1.807) is 18.0 Å². The third kappa shape index (κ3) is 3.06. The highest BCUT2D eigenvalue weighted by Crippen LogP contribution is 2.11. The van der Waals surface area contributed by atoms with Crippen LogP contribution in [0.4, 0.5) is 5.82 Å². The third-order valence-corrected chi connectivity index (χ3v) is 2.51. The number of aromatic nitrogens is 2. The Labute approximate surface area is 87.9 Å². The fourth-order valence-electron chi connectivity index (χ4n) is 1.08. The van der Waals surface area contributed by atoms with E-state index < -0.39 is 0 Å². The van der Waals surface area contributed by atoms with Crippen molar-refractivity contribution >= 4 is 23.5 Å². The number of amides is 1. The standard InChI is InChI=1S/C9H15N3OS/c1-3-7-6-10-12-9(7)11-8(13)4-5-14-2/h6H,3-5H2,1-2H3,(H2,10,11,12,13). The van der Waals surface area contributed by atoms with E-state index in [9.17, 15) is 4.79 Å². The minimum atomic E-state index is 0.0401. The fourth-order valence-corrected chi connectivity index (χ4v) is 1.47. The largest absolute Gasteiger partial charge is 0.311 e. The van der Waals surface area contributed by atoms with Crippen LogP contribution < -0.4 is 5.32 Å². The summed E-state index contributed by atoms with van der Waals surface area (Å²) in [6.07, 6.45) is 5.14. The first-order valence-corrected chi connectivity index (χ1v) is 5.98. The molecule has 0 aliphatic heterocycles. The number of aryl methyl sites for hydroxylation is 1. The molecule has 0 saturated carbocycles. The number of carbonyl (C=O) groups is 1. The number of hydrogen-bond acceptors (Lipinski definition) is 3. The van der Waals surface area contributed by atoms with Gasteiger partial charge in [0.25, 0.3) is 0 Å². The van der Waals surface area contributed by atoms with E-state index >= 15 is 0 Å². The Bertz CT molecular complexity index is 298. The first-order chi connectivity index (χ1) is 6.77. The molecular weight excluding hydrogens is 198 g/mol. The number of aromatic amines is 1. The summed E-state index contributed by atoms with van der Waals surface area (Å²) < 4.78 is 0. The molecule has 1 aromatic rings. The van der Waals surface area contributed by atoms with Crippen LogP contribution in [-0.4, -0.2) is 28.1 Å². The van der Waals surface area contributed by atoms with Crippen LogP contribution in [-0.2, 0) is 11.2 Å². The summed E-state index contributed by atoms with van der Waals surface area (Å²) in [7, 11) is 0. The number of anilines is 1. The molecule has 0 aliphatic carbocycles. The van der Waals surface area contributed by atoms with Crippen molar-refractivity contribution in [2.24, 2.45) is 0 Å². The maximum Gasteiger partial charge on any atom is 0.226 e. The number of nitrogens with zero attached hydrogens (tertiary/aromatic N) is 1. The van der Waals surface area contributed by atoms with Gasteiger partial charge < -0.3 is 5.32 Å². The van der Waals surface area contributed by atoms with Gasteiger partial charge in [-0.15, -0.1) is 0 Å². The van der Waals surface area contributed by atoms with Crippen LogP contribution in [0.2, 0.25) is 0 Å². The van der Waals surface area contributed by atoms with Crippen molar-refractivity contribution < 1.29 is 4.79 Å². The lowest BCUT2D eigenvalue weighted by atomic mass is 10.2. The molecule has 5 heteroatoms. The SMILES string of the molecule is CCc1cn[nH]c1NC(=O)CCSC. The van der Waals surface area contributed by atoms with Gasteiger partial charge in [0.05, 0.1) is 6.20 Å². The molecule has 0 bridgehead atoms. The number of H-pyrrole nitrogens is 1. The van der Waals surface area contributed by atoms with E-state index in [2.05, 4.69) is 15.5 Å². The number of nitrogens with one attached hydrogen (secondary N) is 2. The van der Waals surface area contributed by atoms with E-state index in [-0.39, 0.29) is 5.91 Å². The summed E-state index contributed by atoms with van der Waals surface area (Å²) in [5.74, 6) is 1.62. The van der Waals surface area contributed by atoms with Gasteiger partial charge in [0.1, 0.15) is 5.82 Å². The van der Waals surface area contributed by atoms with Crippen LogP contribution in [0.1, 0.15) is 18.9 Å². The van der Waals surface area contributed by atoms with Gasteiger partial charge >= 0.3 is 0 Å². The van der Waals surface area contributed by atoms with Crippen molar-refractivity contribution in [3.8, 4) is 0 Å². The van der Waals surface area contributed by atoms with Gasteiger partial charge in [0.15, 0.2) is 0 Å². The Kier molecular flexibility index (Phi) is 4.52. The Morgan fingerprint density at radius 3 is 3.14 bits per heavy atom. The highest BCUT2D eigenvalue weighted by atomic mass is 32.2. The van der Waals surface area contributed by atoms with Crippen molar-refractivity contribution in [2.75, 3.05) is 17.3 Å². The number of rotatable bonds is 5. The Hall–Kier alpha value is -0.970. The summed E-state index contributed by atoms with van der Waals surface area (Å²) in [6, 6.07) is 0. The van der Waals surface area contributed by atoms with Crippen LogP contribution in [0, 0.1) is 0 Å². The zero-order valence-electron chi connectivity index (χ0n) is 8.46. The number of hydrogen-bond donors (Lipinski definition) is 2. The van der Waals surface area contributed by atoms with E-state index in [4.69, 9.17) is 0 Å². The second kappa shape index (κ2) is 5.70. The summed E-state index contributed by atoms with van der Waals surface area (Å²) in [4.78, 5) is 11.4. The topological polar surface area (TPSA) is 57.8 Å². The lowest BCUT2D eigenvalue weighted by Gasteiger charge is -2.03. The summed E-state index contributed by atoms with van der Waals surface area (Å²) in [6.45, 7) is 2.03. The molecule has 1 rings (SSSR count). The molecule has 1 heterocycles. The van der Waals surface area contributed by atoms with Crippen LogP contribution in [0.15, 0.2) is 6.20 Å². The maximum atomic E-state index is 11.4. The second-order valence-electron chi connectivity index (χ2n) is 2.91. The molecule has 0 unspecified atom stereocenters. The minimum absolute atomic E-state index is 0.0401. The second-order valence-corrected chi connectivity index (χ2v) is 3.90. The highest BCUT2D eigenvalue weighted by molar-refractivity contribution is 7.98. The molecule has 0 aromatic carbocycles. The van der Waals surface area contributed by atoms with Crippen molar-refractivity contribution in [2.45, 2.75) is 19.8 Å². The molecule has 0 saturated heterocycles. The Morgan fingerprint density at radius 2 is 2.50 bits per heavy atom. The smallest absolute Gasteiger partial charge is 0.226 e. The van der Waals surface area contributed by atoms with Crippen molar-refractivity contribution in [1.29, 1.82) is 0 Å². The lowest BCUT2D eigenvalue weighted by Crippen LogP contribution is -2.13. The molecule has 0 radical (unpaired) electrons. The number of carbonyl (C=O) groups excluding carboxylic acids is 1. The highest BCUT2D eigenvalue weighted by Gasteiger charge is 2.06. The first kappa shape index (κ1) is 11.1. The van der Waals surface area contributed by atoms with Gasteiger partial charge in [-0.1, -0.05) is 6.92 Å². The number of thioether (sulfide) groups is 1. The van der Waals surface area contributed by atoms with Crippen molar-refractivity contribution in [3.63, 3.8) is 0 Å². The molecular formula is C9H15N3OS. The average molecular weight is 213 g/mol. The van der Waals surface area contributed by atoms with E-state index in [1.807, 2.05) is 13.2 Å². The molecule has 0 aliphatic rings. The molecule has 4 nitrogen and oxygen atoms in total. The Balaban J connectivity index is 2.47. The molecule has 14 heavy (non-hydrogen) atoms. The van der Waals surface area contributed by atoms with Crippen LogP contribution in [0.5, 0.6) is 0 Å². The van der Waals surface area contributed by atoms with E-state index in [0.717, 1.165) is 23.6 Å². The van der Waals surface area contributed by atoms with Crippen LogP contribution in [0.3, 0.4) is 0 Å². The quantitative estimate of drug-likeness (QED) is 0.782. The molecule has 1 amide bonds. The summed E-state index contributed by atoms with van der Waals surface area (Å²) in [5, 5.41) is 9.46. The molecule has 0 fully saturated rings. The van der Waals surface area contributed by atoms with Gasteiger partial charge in [-0.3, -0.25) is 9.89 Å². The monoisotopic (exact) mass is 213 g/mol. The van der Waals surface area contributed by atoms with Crippen LogP contribution in [0.25, 0.3) is 0 Å². The molecule has 0 atom stereocenters. The molecule has 2 N–H and O–H groups in total. The van der Waals surface area contributed by atoms with Gasteiger partial charge in [0, 0.05) is 17.7 Å². The summed E-state index contributed by atoms with van der Waals surface area (Å²) >= 11 is 1.67. The summed E-state index contributed by atoms with van der Waals surface area (Å²) in [5.41, 5.74) is 1.04.